The molecule has 2 heterocycles. The summed E-state index contributed by atoms with van der Waals surface area (Å²) in [6.45, 7) is 5.63. The van der Waals surface area contributed by atoms with Gasteiger partial charge in [0.05, 0.1) is 11.0 Å². The molecule has 0 bridgehead atoms. The Kier molecular flexibility index (Phi) is 3.28. The first-order valence-corrected chi connectivity index (χ1v) is 6.89. The van der Waals surface area contributed by atoms with Crippen LogP contribution in [0.3, 0.4) is 0 Å². The highest BCUT2D eigenvalue weighted by Crippen LogP contribution is 2.23. The summed E-state index contributed by atoms with van der Waals surface area (Å²) in [7, 11) is 0. The van der Waals surface area contributed by atoms with Crippen LogP contribution < -0.4 is 11.1 Å². The fourth-order valence-electron chi connectivity index (χ4n) is 2.41. The predicted molar refractivity (Wildman–Crippen MR) is 82.1 cm³/mol. The minimum Gasteiger partial charge on any atom is -0.367 e. The molecule has 1 aromatic carbocycles. The van der Waals surface area contributed by atoms with Crippen molar-refractivity contribution in [3.63, 3.8) is 0 Å². The average Bonchev–Trinajstić information content (AvgIpc) is 2.82. The standard InChI is InChI=1S/C15H19N5/c1-10-4-5-12-13(8-10)20-11(2)9-18-15(20)14(19-12)17-7-3-6-16/h4-5,8-9H,3,6-7,16H2,1-2H3,(H,17,19). The Hall–Kier alpha value is -2.14. The number of aryl methyl sites for hydroxylation is 2. The van der Waals surface area contributed by atoms with Gasteiger partial charge >= 0.3 is 0 Å². The van der Waals surface area contributed by atoms with E-state index < -0.39 is 0 Å². The fraction of sp³-hybridized carbons (Fsp3) is 0.333. The second-order valence-corrected chi connectivity index (χ2v) is 5.08. The maximum atomic E-state index is 5.54. The molecule has 3 rings (SSSR count). The van der Waals surface area contributed by atoms with Crippen LogP contribution in [0.25, 0.3) is 16.7 Å². The molecule has 3 aromatic rings. The van der Waals surface area contributed by atoms with Gasteiger partial charge in [-0.1, -0.05) is 6.07 Å². The van der Waals surface area contributed by atoms with Gasteiger partial charge in [-0.2, -0.15) is 0 Å². The van der Waals surface area contributed by atoms with E-state index in [1.54, 1.807) is 0 Å². The van der Waals surface area contributed by atoms with Gasteiger partial charge in [0.25, 0.3) is 0 Å². The lowest BCUT2D eigenvalue weighted by Crippen LogP contribution is -2.11. The maximum absolute atomic E-state index is 5.54. The zero-order chi connectivity index (χ0) is 14.1. The van der Waals surface area contributed by atoms with Gasteiger partial charge in [-0.3, -0.25) is 4.40 Å². The summed E-state index contributed by atoms with van der Waals surface area (Å²) in [5.74, 6) is 0.822. The summed E-state index contributed by atoms with van der Waals surface area (Å²) in [6.07, 6.45) is 2.80. The first kappa shape index (κ1) is 12.9. The molecule has 0 radical (unpaired) electrons. The number of benzene rings is 1. The van der Waals surface area contributed by atoms with E-state index in [1.165, 1.54) is 5.56 Å². The molecule has 2 aromatic heterocycles. The summed E-state index contributed by atoms with van der Waals surface area (Å²) in [4.78, 5) is 9.18. The first-order chi connectivity index (χ1) is 9.70. The number of anilines is 1. The zero-order valence-corrected chi connectivity index (χ0v) is 11.8. The lowest BCUT2D eigenvalue weighted by molar-refractivity contribution is 0.870. The number of fused-ring (bicyclic) bond motifs is 3. The van der Waals surface area contributed by atoms with Gasteiger partial charge in [-0.15, -0.1) is 0 Å². The third-order valence-corrected chi connectivity index (χ3v) is 3.43. The second-order valence-electron chi connectivity index (χ2n) is 5.08. The Labute approximate surface area is 117 Å². The van der Waals surface area contributed by atoms with Gasteiger partial charge in [-0.25, -0.2) is 9.97 Å². The number of hydrogen-bond acceptors (Lipinski definition) is 4. The molecule has 5 nitrogen and oxygen atoms in total. The Morgan fingerprint density at radius 3 is 2.95 bits per heavy atom. The summed E-state index contributed by atoms with van der Waals surface area (Å²) in [5.41, 5.74) is 10.8. The van der Waals surface area contributed by atoms with E-state index in [0.29, 0.717) is 6.54 Å². The molecule has 0 saturated heterocycles. The summed E-state index contributed by atoms with van der Waals surface area (Å²) in [5, 5.41) is 3.33. The van der Waals surface area contributed by atoms with Crippen LogP contribution in [0.5, 0.6) is 0 Å². The topological polar surface area (TPSA) is 68.2 Å². The largest absolute Gasteiger partial charge is 0.367 e. The number of nitrogens with two attached hydrogens (primary N) is 1. The molecule has 0 unspecified atom stereocenters. The molecule has 20 heavy (non-hydrogen) atoms. The average molecular weight is 269 g/mol. The number of imidazole rings is 1. The minimum absolute atomic E-state index is 0.670. The van der Waals surface area contributed by atoms with Crippen LogP contribution >= 0.6 is 0 Å². The highest BCUT2D eigenvalue weighted by molar-refractivity contribution is 5.83. The number of hydrogen-bond donors (Lipinski definition) is 2. The van der Waals surface area contributed by atoms with Crippen molar-refractivity contribution in [3.05, 3.63) is 35.7 Å². The Bertz CT molecular complexity index is 760. The Balaban J connectivity index is 2.21. The molecule has 3 N–H and O–H groups in total. The van der Waals surface area contributed by atoms with Crippen molar-refractivity contribution in [1.29, 1.82) is 0 Å². The maximum Gasteiger partial charge on any atom is 0.180 e. The molecule has 104 valence electrons. The molecule has 0 aliphatic heterocycles. The van der Waals surface area contributed by atoms with Crippen LogP contribution in [0.1, 0.15) is 17.7 Å². The quantitative estimate of drug-likeness (QED) is 0.713. The lowest BCUT2D eigenvalue weighted by Gasteiger charge is -2.10. The molecular formula is C15H19N5. The lowest BCUT2D eigenvalue weighted by atomic mass is 10.2. The number of nitrogens with one attached hydrogen (secondary N) is 1. The van der Waals surface area contributed by atoms with Crippen molar-refractivity contribution >= 4 is 22.5 Å². The van der Waals surface area contributed by atoms with Crippen molar-refractivity contribution in [2.24, 2.45) is 5.73 Å². The van der Waals surface area contributed by atoms with Crippen LogP contribution in [-0.2, 0) is 0 Å². The van der Waals surface area contributed by atoms with E-state index in [9.17, 15) is 0 Å². The fourth-order valence-corrected chi connectivity index (χ4v) is 2.41. The monoisotopic (exact) mass is 269 g/mol. The van der Waals surface area contributed by atoms with Crippen molar-refractivity contribution < 1.29 is 0 Å². The molecule has 0 spiro atoms. The van der Waals surface area contributed by atoms with Crippen molar-refractivity contribution in [2.75, 3.05) is 18.4 Å². The van der Waals surface area contributed by atoms with Gasteiger partial charge < -0.3 is 11.1 Å². The summed E-state index contributed by atoms with van der Waals surface area (Å²) in [6, 6.07) is 6.28. The number of rotatable bonds is 4. The van der Waals surface area contributed by atoms with Crippen LogP contribution in [0.2, 0.25) is 0 Å². The first-order valence-electron chi connectivity index (χ1n) is 6.89. The van der Waals surface area contributed by atoms with Gasteiger partial charge in [0.2, 0.25) is 0 Å². The highest BCUT2D eigenvalue weighted by atomic mass is 15.1. The Morgan fingerprint density at radius 2 is 2.15 bits per heavy atom. The SMILES string of the molecule is Cc1ccc2nc(NCCCN)c3ncc(C)n3c2c1. The van der Waals surface area contributed by atoms with E-state index in [1.807, 2.05) is 6.20 Å². The number of nitrogens with zero attached hydrogens (tertiary/aromatic N) is 3. The normalized spacial score (nSPS) is 11.3. The van der Waals surface area contributed by atoms with Crippen LogP contribution in [0, 0.1) is 13.8 Å². The Morgan fingerprint density at radius 1 is 1.30 bits per heavy atom. The van der Waals surface area contributed by atoms with Crippen LogP contribution in [-0.4, -0.2) is 27.5 Å². The van der Waals surface area contributed by atoms with E-state index in [2.05, 4.69) is 46.7 Å². The van der Waals surface area contributed by atoms with Crippen molar-refractivity contribution in [1.82, 2.24) is 14.4 Å². The van der Waals surface area contributed by atoms with Crippen LogP contribution in [0.15, 0.2) is 24.4 Å². The molecule has 0 atom stereocenters. The van der Waals surface area contributed by atoms with Crippen LogP contribution in [0.4, 0.5) is 5.82 Å². The highest BCUT2D eigenvalue weighted by Gasteiger charge is 2.11. The molecule has 0 amide bonds. The summed E-state index contributed by atoms with van der Waals surface area (Å²) >= 11 is 0. The van der Waals surface area contributed by atoms with E-state index in [4.69, 9.17) is 10.7 Å². The third-order valence-electron chi connectivity index (χ3n) is 3.43. The second kappa shape index (κ2) is 5.09. The summed E-state index contributed by atoms with van der Waals surface area (Å²) < 4.78 is 2.15. The molecule has 5 heteroatoms. The zero-order valence-electron chi connectivity index (χ0n) is 11.8. The third kappa shape index (κ3) is 2.10. The molecule has 0 aliphatic carbocycles. The molecule has 0 aliphatic rings. The van der Waals surface area contributed by atoms with Gasteiger partial charge in [0.15, 0.2) is 11.5 Å². The smallest absolute Gasteiger partial charge is 0.180 e. The van der Waals surface area contributed by atoms with Gasteiger partial charge in [-0.05, 0) is 44.5 Å². The van der Waals surface area contributed by atoms with Gasteiger partial charge in [0.1, 0.15) is 0 Å². The number of aromatic nitrogens is 3. The molecule has 0 saturated carbocycles. The molecule has 0 fully saturated rings. The van der Waals surface area contributed by atoms with E-state index in [0.717, 1.165) is 41.2 Å². The van der Waals surface area contributed by atoms with Gasteiger partial charge in [0, 0.05) is 18.4 Å². The van der Waals surface area contributed by atoms with Crippen molar-refractivity contribution in [2.45, 2.75) is 20.3 Å². The molecular weight excluding hydrogens is 250 g/mol. The van der Waals surface area contributed by atoms with E-state index in [-0.39, 0.29) is 0 Å². The minimum atomic E-state index is 0.670. The predicted octanol–water partition coefficient (Wildman–Crippen LogP) is 2.26. The van der Waals surface area contributed by atoms with Crippen molar-refractivity contribution in [3.8, 4) is 0 Å². The van der Waals surface area contributed by atoms with E-state index >= 15 is 0 Å².